The summed E-state index contributed by atoms with van der Waals surface area (Å²) in [7, 11) is 0. The summed E-state index contributed by atoms with van der Waals surface area (Å²) in [5.74, 6) is 0.827. The van der Waals surface area contributed by atoms with Crippen LogP contribution in [0.25, 0.3) is 0 Å². The summed E-state index contributed by atoms with van der Waals surface area (Å²) in [6.07, 6.45) is 15.9. The molecule has 3 heteroatoms. The zero-order valence-electron chi connectivity index (χ0n) is 19.5. The minimum atomic E-state index is -2.42. The molecular formula is C26H46O2Sn. The molecule has 0 radical (unpaired) electrons. The predicted molar refractivity (Wildman–Crippen MR) is 126 cm³/mol. The van der Waals surface area contributed by atoms with Crippen LogP contribution in [0.4, 0.5) is 0 Å². The van der Waals surface area contributed by atoms with Gasteiger partial charge in [-0.25, -0.2) is 0 Å². The van der Waals surface area contributed by atoms with E-state index in [1.807, 2.05) is 0 Å². The van der Waals surface area contributed by atoms with Crippen molar-refractivity contribution in [1.29, 1.82) is 0 Å². The van der Waals surface area contributed by atoms with Crippen molar-refractivity contribution in [3.05, 3.63) is 9.67 Å². The fourth-order valence-electron chi connectivity index (χ4n) is 7.19. The van der Waals surface area contributed by atoms with Gasteiger partial charge in [-0.1, -0.05) is 0 Å². The molecule has 29 heavy (non-hydrogen) atoms. The number of aliphatic hydroxyl groups is 1. The number of ketones is 1. The van der Waals surface area contributed by atoms with E-state index in [-0.39, 0.29) is 5.41 Å². The van der Waals surface area contributed by atoms with Crippen LogP contribution in [-0.2, 0) is 4.79 Å². The second-order valence-electron chi connectivity index (χ2n) is 10.8. The maximum absolute atomic E-state index is 12.5. The van der Waals surface area contributed by atoms with Crippen LogP contribution in [0, 0.1) is 11.3 Å². The van der Waals surface area contributed by atoms with E-state index in [1.54, 1.807) is 5.57 Å². The number of rotatable bonds is 10. The monoisotopic (exact) mass is 510 g/mol. The Balaban J connectivity index is 1.99. The first-order valence-electron chi connectivity index (χ1n) is 12.9. The van der Waals surface area contributed by atoms with E-state index in [2.05, 4.69) is 24.9 Å². The van der Waals surface area contributed by atoms with Crippen LogP contribution in [0.3, 0.4) is 0 Å². The Morgan fingerprint density at radius 2 is 1.55 bits per heavy atom. The molecular weight excluding hydrogens is 463 g/mol. The van der Waals surface area contributed by atoms with Gasteiger partial charge in [-0.2, -0.15) is 0 Å². The van der Waals surface area contributed by atoms with Gasteiger partial charge >= 0.3 is 185 Å². The summed E-state index contributed by atoms with van der Waals surface area (Å²) >= 11 is -2.42. The zero-order valence-corrected chi connectivity index (χ0v) is 22.4. The standard InChI is InChI=1S/C14H19O2.3C4H9.Sn/c1-10-9-14(16)6-3-2-5-13(14)7-4-11(15)8-12(10)13;3*1-3-4-2;/h1,12,16H,2-9H2;3*1,3-4H2,2H3;/t12-,13-,14+;;;;/m0..../s1. The van der Waals surface area contributed by atoms with E-state index in [0.29, 0.717) is 18.1 Å². The summed E-state index contributed by atoms with van der Waals surface area (Å²) < 4.78 is 7.33. The Labute approximate surface area is 184 Å². The van der Waals surface area contributed by atoms with E-state index in [9.17, 15) is 9.90 Å². The summed E-state index contributed by atoms with van der Waals surface area (Å²) in [5.41, 5.74) is 1.09. The molecule has 0 aliphatic heterocycles. The Morgan fingerprint density at radius 1 is 0.966 bits per heavy atom. The van der Waals surface area contributed by atoms with Gasteiger partial charge in [0, 0.05) is 0 Å². The van der Waals surface area contributed by atoms with Gasteiger partial charge < -0.3 is 0 Å². The van der Waals surface area contributed by atoms with E-state index < -0.39 is 24.0 Å². The Morgan fingerprint density at radius 3 is 2.14 bits per heavy atom. The molecule has 0 heterocycles. The fraction of sp³-hybridized carbons (Fsp3) is 0.885. The van der Waals surface area contributed by atoms with Crippen molar-refractivity contribution >= 4 is 24.2 Å². The van der Waals surface area contributed by atoms with Crippen LogP contribution in [0.2, 0.25) is 13.3 Å². The third-order valence-corrected chi connectivity index (χ3v) is 23.2. The third kappa shape index (κ3) is 4.83. The fourth-order valence-corrected chi connectivity index (χ4v) is 22.7. The number of hydrogen-bond donors (Lipinski definition) is 1. The van der Waals surface area contributed by atoms with E-state index in [4.69, 9.17) is 0 Å². The second-order valence-corrected chi connectivity index (χ2v) is 23.6. The van der Waals surface area contributed by atoms with Crippen LogP contribution in [-0.4, -0.2) is 34.9 Å². The van der Waals surface area contributed by atoms with Crippen molar-refractivity contribution in [3.63, 3.8) is 0 Å². The molecule has 166 valence electrons. The van der Waals surface area contributed by atoms with Crippen LogP contribution in [0.15, 0.2) is 9.67 Å². The molecule has 0 saturated heterocycles. The van der Waals surface area contributed by atoms with Gasteiger partial charge in [-0.3, -0.25) is 0 Å². The molecule has 3 fully saturated rings. The zero-order chi connectivity index (χ0) is 21.0. The molecule has 0 amide bonds. The first-order chi connectivity index (χ1) is 13.9. The molecule has 3 saturated carbocycles. The second kappa shape index (κ2) is 10.2. The van der Waals surface area contributed by atoms with Gasteiger partial charge in [0.25, 0.3) is 0 Å². The molecule has 0 aromatic rings. The summed E-state index contributed by atoms with van der Waals surface area (Å²) in [6.45, 7) is 7.02. The number of Topliss-reactive ketones (excluding diaryl/α,β-unsaturated/α-hetero) is 1. The van der Waals surface area contributed by atoms with Crippen molar-refractivity contribution in [2.24, 2.45) is 11.3 Å². The van der Waals surface area contributed by atoms with Crippen molar-refractivity contribution in [2.75, 3.05) is 0 Å². The van der Waals surface area contributed by atoms with Crippen LogP contribution in [0.1, 0.15) is 111 Å². The molecule has 0 unspecified atom stereocenters. The molecule has 1 N–H and O–H groups in total. The Bertz CT molecular complexity index is 576. The predicted octanol–water partition coefficient (Wildman–Crippen LogP) is 7.37. The molecule has 2 nitrogen and oxygen atoms in total. The molecule has 0 aromatic heterocycles. The average molecular weight is 509 g/mol. The van der Waals surface area contributed by atoms with Gasteiger partial charge in [0.1, 0.15) is 0 Å². The van der Waals surface area contributed by atoms with E-state index in [1.165, 1.54) is 64.7 Å². The van der Waals surface area contributed by atoms with Crippen LogP contribution in [0.5, 0.6) is 0 Å². The van der Waals surface area contributed by atoms with Gasteiger partial charge in [0.15, 0.2) is 0 Å². The third-order valence-electron chi connectivity index (χ3n) is 8.86. The number of carbonyl (C=O) groups is 1. The van der Waals surface area contributed by atoms with Gasteiger partial charge in [-0.05, 0) is 0 Å². The van der Waals surface area contributed by atoms with E-state index >= 15 is 0 Å². The normalized spacial score (nSPS) is 33.7. The average Bonchev–Trinajstić information content (AvgIpc) is 2.97. The molecule has 1 spiro atoms. The van der Waals surface area contributed by atoms with Crippen molar-refractivity contribution in [2.45, 2.75) is 130 Å². The van der Waals surface area contributed by atoms with Crippen molar-refractivity contribution in [1.82, 2.24) is 0 Å². The maximum atomic E-state index is 12.5. The first kappa shape index (κ1) is 23.8. The molecule has 0 bridgehead atoms. The van der Waals surface area contributed by atoms with Gasteiger partial charge in [0.05, 0.1) is 0 Å². The SMILES string of the molecule is CCC[CH2][Sn](/[CH]=C1\C[C@]2(O)CCCC[C@@]23CCC(=O)C[C@@H]13)([CH2]CCC)[CH2]CCC. The summed E-state index contributed by atoms with van der Waals surface area (Å²) in [6, 6.07) is 0. The molecule has 3 rings (SSSR count). The molecule has 3 atom stereocenters. The Kier molecular flexibility index (Phi) is 8.37. The number of unbranched alkanes of at least 4 members (excludes halogenated alkanes) is 3. The van der Waals surface area contributed by atoms with Crippen LogP contribution < -0.4 is 0 Å². The topological polar surface area (TPSA) is 37.3 Å². The molecule has 0 aromatic carbocycles. The van der Waals surface area contributed by atoms with Crippen molar-refractivity contribution in [3.8, 4) is 0 Å². The molecule has 3 aliphatic rings. The van der Waals surface area contributed by atoms with E-state index in [0.717, 1.165) is 32.1 Å². The summed E-state index contributed by atoms with van der Waals surface area (Å²) in [5, 5.41) is 11.8. The number of hydrogen-bond acceptors (Lipinski definition) is 2. The molecule has 3 aliphatic carbocycles. The van der Waals surface area contributed by atoms with Gasteiger partial charge in [-0.15, -0.1) is 0 Å². The summed E-state index contributed by atoms with van der Waals surface area (Å²) in [4.78, 5) is 12.5. The number of carbonyl (C=O) groups excluding carboxylic acids is 1. The first-order valence-corrected chi connectivity index (χ1v) is 20.6. The van der Waals surface area contributed by atoms with Crippen molar-refractivity contribution < 1.29 is 9.90 Å². The van der Waals surface area contributed by atoms with Crippen LogP contribution >= 0.6 is 0 Å². The van der Waals surface area contributed by atoms with Gasteiger partial charge in [0.2, 0.25) is 0 Å². The minimum absolute atomic E-state index is 0.0306. The quantitative estimate of drug-likeness (QED) is 0.313. The Hall–Kier alpha value is 0.169.